The lowest BCUT2D eigenvalue weighted by molar-refractivity contribution is 0.669. The number of aromatic nitrogens is 1. The Balaban J connectivity index is 1.60. The number of hydrogen-bond donors (Lipinski definition) is 1. The minimum Gasteiger partial charge on any atom is -0.455 e. The van der Waals surface area contributed by atoms with Gasteiger partial charge in [0.25, 0.3) is 0 Å². The van der Waals surface area contributed by atoms with E-state index in [4.69, 9.17) is 4.42 Å². The van der Waals surface area contributed by atoms with Gasteiger partial charge in [-0.25, -0.2) is 0 Å². The smallest absolute Gasteiger partial charge is 0.143 e. The summed E-state index contributed by atoms with van der Waals surface area (Å²) in [4.78, 5) is 4.68. The topological polar surface area (TPSA) is 38.1 Å². The van der Waals surface area contributed by atoms with Crippen LogP contribution >= 0.6 is 0 Å². The summed E-state index contributed by atoms with van der Waals surface area (Å²) in [6.45, 7) is 4.27. The number of benzene rings is 4. The highest BCUT2D eigenvalue weighted by Gasteiger charge is 2.24. The highest BCUT2D eigenvalue weighted by molar-refractivity contribution is 6.14. The zero-order chi connectivity index (χ0) is 22.8. The molecule has 3 heterocycles. The molecule has 7 rings (SSSR count). The number of nitrogens with zero attached hydrogens (tertiary/aromatic N) is 1. The minimum atomic E-state index is 0.915. The van der Waals surface area contributed by atoms with Crippen molar-refractivity contribution in [2.45, 2.75) is 13.8 Å². The van der Waals surface area contributed by atoms with Crippen LogP contribution in [0.4, 0.5) is 11.4 Å². The summed E-state index contributed by atoms with van der Waals surface area (Å²) in [5.74, 6) is 0. The third-order valence-corrected chi connectivity index (χ3v) is 6.91. The van der Waals surface area contributed by atoms with E-state index in [9.17, 15) is 0 Å². The molecule has 0 aliphatic carbocycles. The minimum absolute atomic E-state index is 0.915. The lowest BCUT2D eigenvalue weighted by Gasteiger charge is -2.23. The average Bonchev–Trinajstić information content (AvgIpc) is 3.23. The number of nitrogens with one attached hydrogen (secondary N) is 1. The number of furan rings is 1. The highest BCUT2D eigenvalue weighted by atomic mass is 16.3. The van der Waals surface area contributed by atoms with Gasteiger partial charge in [-0.3, -0.25) is 4.98 Å². The zero-order valence-corrected chi connectivity index (χ0v) is 19.0. The maximum atomic E-state index is 6.45. The number of para-hydroxylation sites is 2. The lowest BCUT2D eigenvalue weighted by Crippen LogP contribution is -2.02. The van der Waals surface area contributed by atoms with Gasteiger partial charge in [0.05, 0.1) is 5.69 Å². The molecule has 1 aliphatic heterocycles. The van der Waals surface area contributed by atoms with Crippen molar-refractivity contribution in [1.29, 1.82) is 0 Å². The van der Waals surface area contributed by atoms with E-state index >= 15 is 0 Å². The molecule has 3 heteroatoms. The van der Waals surface area contributed by atoms with Crippen LogP contribution in [0.3, 0.4) is 0 Å². The fraction of sp³-hybridized carbons (Fsp3) is 0.0645. The SMILES string of the molecule is Cc1ccc(-c2ccc3c(c2)-c2cc4c(oc5ccccc54)c(c2C)-c2ccccc2N3)nc1. The van der Waals surface area contributed by atoms with E-state index in [2.05, 4.69) is 96.9 Å². The second kappa shape index (κ2) is 7.06. The highest BCUT2D eigenvalue weighted by Crippen LogP contribution is 2.48. The van der Waals surface area contributed by atoms with E-state index in [1.807, 2.05) is 18.3 Å². The van der Waals surface area contributed by atoms with Gasteiger partial charge in [0.1, 0.15) is 11.2 Å². The molecule has 0 fully saturated rings. The van der Waals surface area contributed by atoms with E-state index in [0.717, 1.165) is 61.3 Å². The van der Waals surface area contributed by atoms with Gasteiger partial charge in [0, 0.05) is 50.6 Å². The first-order valence-corrected chi connectivity index (χ1v) is 11.6. The molecule has 162 valence electrons. The van der Waals surface area contributed by atoms with Crippen LogP contribution in [0.5, 0.6) is 0 Å². The van der Waals surface area contributed by atoms with Crippen LogP contribution in [0.25, 0.3) is 55.4 Å². The predicted octanol–water partition coefficient (Wildman–Crippen LogP) is 8.66. The number of rotatable bonds is 1. The lowest BCUT2D eigenvalue weighted by atomic mass is 9.86. The molecule has 0 radical (unpaired) electrons. The Morgan fingerprint density at radius 3 is 2.41 bits per heavy atom. The second-order valence-corrected chi connectivity index (χ2v) is 9.05. The van der Waals surface area contributed by atoms with E-state index in [1.165, 1.54) is 16.7 Å². The number of hydrogen-bond acceptors (Lipinski definition) is 3. The Bertz CT molecular complexity index is 1740. The van der Waals surface area contributed by atoms with Crippen molar-refractivity contribution >= 4 is 33.3 Å². The average molecular weight is 439 g/mol. The molecule has 0 saturated carbocycles. The summed E-state index contributed by atoms with van der Waals surface area (Å²) in [7, 11) is 0. The first-order chi connectivity index (χ1) is 16.7. The summed E-state index contributed by atoms with van der Waals surface area (Å²) in [6, 6.07) is 29.9. The predicted molar refractivity (Wildman–Crippen MR) is 141 cm³/mol. The van der Waals surface area contributed by atoms with Gasteiger partial charge in [-0.05, 0) is 66.9 Å². The monoisotopic (exact) mass is 438 g/mol. The Hall–Kier alpha value is -4.37. The molecule has 0 saturated heterocycles. The third kappa shape index (κ3) is 2.74. The van der Waals surface area contributed by atoms with Crippen LogP contribution in [0.2, 0.25) is 0 Å². The van der Waals surface area contributed by atoms with E-state index < -0.39 is 0 Å². The number of pyridine rings is 1. The van der Waals surface area contributed by atoms with Crippen LogP contribution in [-0.2, 0) is 0 Å². The molecular weight excluding hydrogens is 416 g/mol. The molecule has 0 amide bonds. The molecule has 0 atom stereocenters. The molecule has 3 nitrogen and oxygen atoms in total. The van der Waals surface area contributed by atoms with E-state index in [0.29, 0.717) is 0 Å². The summed E-state index contributed by atoms with van der Waals surface area (Å²) in [6.07, 6.45) is 1.92. The quantitative estimate of drug-likeness (QED) is 0.279. The summed E-state index contributed by atoms with van der Waals surface area (Å²) >= 11 is 0. The van der Waals surface area contributed by atoms with Crippen molar-refractivity contribution in [3.8, 4) is 33.5 Å². The van der Waals surface area contributed by atoms with Crippen molar-refractivity contribution in [2.24, 2.45) is 0 Å². The summed E-state index contributed by atoms with van der Waals surface area (Å²) in [5.41, 5.74) is 13.2. The fourth-order valence-electron chi connectivity index (χ4n) is 5.19. The van der Waals surface area contributed by atoms with Crippen molar-refractivity contribution in [3.63, 3.8) is 0 Å². The van der Waals surface area contributed by atoms with Gasteiger partial charge in [0.15, 0.2) is 0 Å². The molecule has 4 aromatic carbocycles. The van der Waals surface area contributed by atoms with Gasteiger partial charge in [0.2, 0.25) is 0 Å². The first kappa shape index (κ1) is 19.1. The normalized spacial score (nSPS) is 12.1. The molecule has 1 aliphatic rings. The molecular formula is C31H22N2O. The maximum Gasteiger partial charge on any atom is 0.143 e. The van der Waals surface area contributed by atoms with Crippen molar-refractivity contribution < 1.29 is 4.42 Å². The second-order valence-electron chi connectivity index (χ2n) is 9.05. The van der Waals surface area contributed by atoms with Gasteiger partial charge in [-0.2, -0.15) is 0 Å². The zero-order valence-electron chi connectivity index (χ0n) is 19.0. The summed E-state index contributed by atoms with van der Waals surface area (Å²) in [5, 5.41) is 6.00. The van der Waals surface area contributed by atoms with Crippen LogP contribution in [-0.4, -0.2) is 4.98 Å². The Kier molecular flexibility index (Phi) is 3.97. The molecule has 0 spiro atoms. The van der Waals surface area contributed by atoms with Crippen molar-refractivity contribution in [2.75, 3.05) is 5.32 Å². The Labute approximate surface area is 197 Å². The van der Waals surface area contributed by atoms with Crippen LogP contribution < -0.4 is 5.32 Å². The van der Waals surface area contributed by atoms with Gasteiger partial charge < -0.3 is 9.73 Å². The Morgan fingerprint density at radius 1 is 0.706 bits per heavy atom. The van der Waals surface area contributed by atoms with Crippen molar-refractivity contribution in [1.82, 2.24) is 4.98 Å². The molecule has 1 N–H and O–H groups in total. The molecule has 0 unspecified atom stereocenters. The number of anilines is 2. The van der Waals surface area contributed by atoms with Crippen LogP contribution in [0, 0.1) is 13.8 Å². The molecule has 2 aromatic heterocycles. The van der Waals surface area contributed by atoms with Gasteiger partial charge >= 0.3 is 0 Å². The molecule has 2 bridgehead atoms. The fourth-order valence-corrected chi connectivity index (χ4v) is 5.19. The van der Waals surface area contributed by atoms with Gasteiger partial charge in [-0.15, -0.1) is 0 Å². The number of fused-ring (bicyclic) bond motifs is 10. The number of aryl methyl sites for hydroxylation is 1. The molecule has 6 aromatic rings. The van der Waals surface area contributed by atoms with Crippen LogP contribution in [0.1, 0.15) is 11.1 Å². The van der Waals surface area contributed by atoms with Gasteiger partial charge in [-0.1, -0.05) is 48.5 Å². The van der Waals surface area contributed by atoms with Crippen molar-refractivity contribution in [3.05, 3.63) is 102 Å². The Morgan fingerprint density at radius 2 is 1.53 bits per heavy atom. The third-order valence-electron chi connectivity index (χ3n) is 6.91. The maximum absolute atomic E-state index is 6.45. The largest absolute Gasteiger partial charge is 0.455 e. The van der Waals surface area contributed by atoms with E-state index in [-0.39, 0.29) is 0 Å². The standard InChI is InChI=1S/C31H22N2O/c1-18-11-13-26(32-17-18)20-12-14-28-24(15-20)23-16-25-21-7-4-6-10-29(21)34-31(25)30(19(23)2)22-8-3-5-9-27(22)33-28/h3-17,33H,1-2H3. The summed E-state index contributed by atoms with van der Waals surface area (Å²) < 4.78 is 6.45. The van der Waals surface area contributed by atoms with Crippen LogP contribution in [0.15, 0.2) is 95.5 Å². The van der Waals surface area contributed by atoms with E-state index in [1.54, 1.807) is 0 Å². The molecule has 34 heavy (non-hydrogen) atoms. The first-order valence-electron chi connectivity index (χ1n) is 11.6.